The van der Waals surface area contributed by atoms with Gasteiger partial charge in [-0.2, -0.15) is 5.26 Å². The van der Waals surface area contributed by atoms with Crippen LogP contribution in [0.15, 0.2) is 17.0 Å². The van der Waals surface area contributed by atoms with Gasteiger partial charge in [0.15, 0.2) is 0 Å². The predicted molar refractivity (Wildman–Crippen MR) is 57.8 cm³/mol. The van der Waals surface area contributed by atoms with E-state index in [4.69, 9.17) is 5.26 Å². The molecule has 1 rings (SSSR count). The molecule has 0 fully saturated rings. The van der Waals surface area contributed by atoms with E-state index >= 15 is 0 Å². The van der Waals surface area contributed by atoms with Crippen LogP contribution >= 0.6 is 35.2 Å². The normalized spacial score (nSPS) is 9.31. The van der Waals surface area contributed by atoms with Crippen LogP contribution in [0, 0.1) is 25.0 Å². The fourth-order valence-corrected chi connectivity index (χ4v) is 1.89. The van der Waals surface area contributed by atoms with Crippen molar-refractivity contribution in [1.82, 2.24) is 0 Å². The number of halogens is 1. The SMILES string of the molecule is N#Cc1cc([N+](=O)[O-])c(S)cc1I. The Morgan fingerprint density at radius 3 is 2.69 bits per heavy atom. The van der Waals surface area contributed by atoms with Crippen LogP contribution in [-0.4, -0.2) is 4.92 Å². The Labute approximate surface area is 93.3 Å². The highest BCUT2D eigenvalue weighted by molar-refractivity contribution is 14.1. The van der Waals surface area contributed by atoms with Crippen molar-refractivity contribution >= 4 is 40.9 Å². The van der Waals surface area contributed by atoms with E-state index in [2.05, 4.69) is 12.6 Å². The van der Waals surface area contributed by atoms with Crippen molar-refractivity contribution < 1.29 is 4.92 Å². The van der Waals surface area contributed by atoms with Gasteiger partial charge in [0, 0.05) is 9.64 Å². The van der Waals surface area contributed by atoms with Crippen LogP contribution in [0.1, 0.15) is 5.56 Å². The number of benzene rings is 1. The Morgan fingerprint density at radius 1 is 1.62 bits per heavy atom. The van der Waals surface area contributed by atoms with E-state index in [0.29, 0.717) is 9.13 Å². The molecule has 0 unspecified atom stereocenters. The second kappa shape index (κ2) is 3.93. The molecule has 0 atom stereocenters. The van der Waals surface area contributed by atoms with Crippen LogP contribution < -0.4 is 0 Å². The molecule has 0 aliphatic carbocycles. The van der Waals surface area contributed by atoms with E-state index in [1.54, 1.807) is 0 Å². The number of thiol groups is 1. The Morgan fingerprint density at radius 2 is 2.23 bits per heavy atom. The zero-order valence-corrected chi connectivity index (χ0v) is 9.24. The molecule has 1 aromatic carbocycles. The maximum atomic E-state index is 10.4. The molecule has 0 spiro atoms. The highest BCUT2D eigenvalue weighted by Gasteiger charge is 2.14. The maximum Gasteiger partial charge on any atom is 0.284 e. The molecule has 1 aromatic rings. The first-order valence-electron chi connectivity index (χ1n) is 3.13. The molecule has 4 nitrogen and oxygen atoms in total. The van der Waals surface area contributed by atoms with Crippen molar-refractivity contribution in [3.8, 4) is 6.07 Å². The molecule has 0 heterocycles. The summed E-state index contributed by atoms with van der Waals surface area (Å²) < 4.78 is 0.663. The van der Waals surface area contributed by atoms with Gasteiger partial charge in [0.1, 0.15) is 6.07 Å². The summed E-state index contributed by atoms with van der Waals surface area (Å²) in [4.78, 5) is 10.2. The highest BCUT2D eigenvalue weighted by atomic mass is 127. The number of rotatable bonds is 1. The number of nitro groups is 1. The van der Waals surface area contributed by atoms with Gasteiger partial charge in [0.05, 0.1) is 15.4 Å². The topological polar surface area (TPSA) is 66.9 Å². The molecule has 0 aliphatic heterocycles. The zero-order chi connectivity index (χ0) is 10.0. The first-order chi connectivity index (χ1) is 6.06. The number of nitro benzene ring substituents is 1. The summed E-state index contributed by atoms with van der Waals surface area (Å²) in [6.07, 6.45) is 0. The van der Waals surface area contributed by atoms with Crippen LogP contribution in [-0.2, 0) is 0 Å². The average molecular weight is 306 g/mol. The largest absolute Gasteiger partial charge is 0.284 e. The van der Waals surface area contributed by atoms with Gasteiger partial charge >= 0.3 is 0 Å². The molecule has 0 bridgehead atoms. The summed E-state index contributed by atoms with van der Waals surface area (Å²) in [7, 11) is 0. The molecule has 0 amide bonds. The summed E-state index contributed by atoms with van der Waals surface area (Å²) in [6, 6.07) is 4.60. The maximum absolute atomic E-state index is 10.4. The molecule has 13 heavy (non-hydrogen) atoms. The third-order valence-electron chi connectivity index (χ3n) is 1.38. The average Bonchev–Trinajstić information content (AvgIpc) is 2.03. The summed E-state index contributed by atoms with van der Waals surface area (Å²) in [5.41, 5.74) is 0.158. The molecule has 0 saturated heterocycles. The monoisotopic (exact) mass is 306 g/mol. The van der Waals surface area contributed by atoms with Crippen molar-refractivity contribution in [3.05, 3.63) is 31.4 Å². The Kier molecular flexibility index (Phi) is 3.11. The Hall–Kier alpha value is -0.810. The lowest BCUT2D eigenvalue weighted by Crippen LogP contribution is -1.92. The van der Waals surface area contributed by atoms with E-state index in [-0.39, 0.29) is 10.6 Å². The quantitative estimate of drug-likeness (QED) is 0.375. The first kappa shape index (κ1) is 10.3. The molecular formula is C7H3IN2O2S. The third kappa shape index (κ3) is 2.10. The summed E-state index contributed by atoms with van der Waals surface area (Å²) in [5.74, 6) is 0. The molecular weight excluding hydrogens is 303 g/mol. The molecule has 0 aromatic heterocycles. The number of nitrogens with zero attached hydrogens (tertiary/aromatic N) is 2. The van der Waals surface area contributed by atoms with E-state index in [9.17, 15) is 10.1 Å². The van der Waals surface area contributed by atoms with Crippen molar-refractivity contribution in [2.24, 2.45) is 0 Å². The van der Waals surface area contributed by atoms with Gasteiger partial charge in [-0.15, -0.1) is 12.6 Å². The van der Waals surface area contributed by atoms with Crippen molar-refractivity contribution in [3.63, 3.8) is 0 Å². The van der Waals surface area contributed by atoms with Crippen molar-refractivity contribution in [2.75, 3.05) is 0 Å². The smallest absolute Gasteiger partial charge is 0.258 e. The Balaban J connectivity index is 3.41. The van der Waals surface area contributed by atoms with Gasteiger partial charge in [-0.05, 0) is 28.7 Å². The second-order valence-electron chi connectivity index (χ2n) is 2.19. The van der Waals surface area contributed by atoms with Crippen LogP contribution in [0.3, 0.4) is 0 Å². The molecule has 0 N–H and O–H groups in total. The summed E-state index contributed by atoms with van der Waals surface area (Å²) in [5, 5.41) is 19.1. The minimum atomic E-state index is -0.556. The van der Waals surface area contributed by atoms with Crippen molar-refractivity contribution in [1.29, 1.82) is 5.26 Å². The van der Waals surface area contributed by atoms with E-state index in [1.807, 2.05) is 28.7 Å². The summed E-state index contributed by atoms with van der Waals surface area (Å²) in [6.45, 7) is 0. The van der Waals surface area contributed by atoms with E-state index < -0.39 is 4.92 Å². The lowest BCUT2D eigenvalue weighted by atomic mass is 10.2. The van der Waals surface area contributed by atoms with Crippen molar-refractivity contribution in [2.45, 2.75) is 4.90 Å². The zero-order valence-electron chi connectivity index (χ0n) is 6.19. The minimum Gasteiger partial charge on any atom is -0.258 e. The number of nitriles is 1. The lowest BCUT2D eigenvalue weighted by molar-refractivity contribution is -0.387. The van der Waals surface area contributed by atoms with Crippen LogP contribution in [0.4, 0.5) is 5.69 Å². The molecule has 0 saturated carbocycles. The molecule has 0 radical (unpaired) electrons. The predicted octanol–water partition coefficient (Wildman–Crippen LogP) is 2.36. The minimum absolute atomic E-state index is 0.139. The Bertz CT molecular complexity index is 414. The second-order valence-corrected chi connectivity index (χ2v) is 3.83. The van der Waals surface area contributed by atoms with Crippen LogP contribution in [0.2, 0.25) is 0 Å². The van der Waals surface area contributed by atoms with Gasteiger partial charge in [-0.25, -0.2) is 0 Å². The van der Waals surface area contributed by atoms with E-state index in [0.717, 1.165) is 0 Å². The van der Waals surface area contributed by atoms with Gasteiger partial charge in [-0.1, -0.05) is 0 Å². The van der Waals surface area contributed by atoms with Crippen LogP contribution in [0.25, 0.3) is 0 Å². The molecule has 66 valence electrons. The molecule has 6 heteroatoms. The highest BCUT2D eigenvalue weighted by Crippen LogP contribution is 2.26. The van der Waals surface area contributed by atoms with E-state index in [1.165, 1.54) is 12.1 Å². The summed E-state index contributed by atoms with van der Waals surface area (Å²) >= 11 is 5.87. The molecule has 0 aliphatic rings. The van der Waals surface area contributed by atoms with Gasteiger partial charge < -0.3 is 0 Å². The standard InChI is InChI=1S/C7H3IN2O2S/c8-5-2-7(13)6(10(11)12)1-4(5)3-9/h1-2,13H. The van der Waals surface area contributed by atoms with Gasteiger partial charge in [0.2, 0.25) is 0 Å². The first-order valence-corrected chi connectivity index (χ1v) is 4.66. The lowest BCUT2D eigenvalue weighted by Gasteiger charge is -1.98. The number of hydrogen-bond donors (Lipinski definition) is 1. The fourth-order valence-electron chi connectivity index (χ4n) is 0.783. The van der Waals surface area contributed by atoms with Crippen LogP contribution in [0.5, 0.6) is 0 Å². The fraction of sp³-hybridized carbons (Fsp3) is 0. The third-order valence-corrected chi connectivity index (χ3v) is 2.63. The number of hydrogen-bond acceptors (Lipinski definition) is 4. The van der Waals surface area contributed by atoms with Gasteiger partial charge in [0.25, 0.3) is 5.69 Å². The van der Waals surface area contributed by atoms with Gasteiger partial charge in [-0.3, -0.25) is 10.1 Å².